The molecule has 2 heterocycles. The zero-order chi connectivity index (χ0) is 20.7. The fourth-order valence-electron chi connectivity index (χ4n) is 4.06. The molecule has 1 saturated carbocycles. The van der Waals surface area contributed by atoms with Crippen LogP contribution in [0.5, 0.6) is 0 Å². The predicted molar refractivity (Wildman–Crippen MR) is 117 cm³/mol. The number of aromatic nitrogens is 2. The molecule has 0 spiro atoms. The number of amides is 2. The molecule has 7 heteroatoms. The molecule has 2 aromatic carbocycles. The van der Waals surface area contributed by atoms with Gasteiger partial charge in [0.2, 0.25) is 11.8 Å². The first-order valence-corrected chi connectivity index (χ1v) is 10.8. The standard InChI is InChI=1S/C23H23ClN4O2/c24-18-4-2-1-3-17(18)21-26-19-8-7-16(13-20(19)27-21)25-22(29)14-9-11-28(12-10-14)23(30)15-5-6-15/h1-4,7-8,13-15H,5-6,9-12H2,(H,25,29)(H,26,27). The normalized spacial score (nSPS) is 17.3. The van der Waals surface area contributed by atoms with Gasteiger partial charge in [-0.25, -0.2) is 4.98 Å². The third-order valence-electron chi connectivity index (χ3n) is 5.98. The number of nitrogens with zero attached hydrogens (tertiary/aromatic N) is 2. The number of piperidine rings is 1. The van der Waals surface area contributed by atoms with Gasteiger partial charge >= 0.3 is 0 Å². The fourth-order valence-corrected chi connectivity index (χ4v) is 4.29. The van der Waals surface area contributed by atoms with Crippen LogP contribution in [0.2, 0.25) is 5.02 Å². The van der Waals surface area contributed by atoms with E-state index in [-0.39, 0.29) is 23.7 Å². The molecule has 3 aromatic rings. The minimum absolute atomic E-state index is 0.0127. The molecule has 2 amide bonds. The molecule has 6 nitrogen and oxygen atoms in total. The molecule has 0 atom stereocenters. The highest BCUT2D eigenvalue weighted by atomic mass is 35.5. The zero-order valence-electron chi connectivity index (χ0n) is 16.5. The molecule has 154 valence electrons. The Labute approximate surface area is 179 Å². The number of likely N-dealkylation sites (tertiary alicyclic amines) is 1. The number of hydrogen-bond donors (Lipinski definition) is 2. The van der Waals surface area contributed by atoms with Crippen molar-refractivity contribution < 1.29 is 9.59 Å². The van der Waals surface area contributed by atoms with Crippen molar-refractivity contribution in [1.82, 2.24) is 14.9 Å². The average molecular weight is 423 g/mol. The van der Waals surface area contributed by atoms with Gasteiger partial charge in [0.1, 0.15) is 5.82 Å². The van der Waals surface area contributed by atoms with E-state index in [1.807, 2.05) is 47.4 Å². The second-order valence-corrected chi connectivity index (χ2v) is 8.57. The Morgan fingerprint density at radius 3 is 2.53 bits per heavy atom. The average Bonchev–Trinajstić information content (AvgIpc) is 3.53. The van der Waals surface area contributed by atoms with Crippen molar-refractivity contribution in [3.05, 3.63) is 47.5 Å². The van der Waals surface area contributed by atoms with Crippen molar-refractivity contribution in [1.29, 1.82) is 0 Å². The fraction of sp³-hybridized carbons (Fsp3) is 0.348. The van der Waals surface area contributed by atoms with E-state index in [1.165, 1.54) is 0 Å². The first kappa shape index (κ1) is 19.1. The van der Waals surface area contributed by atoms with Crippen molar-refractivity contribution in [2.45, 2.75) is 25.7 Å². The number of fused-ring (bicyclic) bond motifs is 1. The molecule has 2 N–H and O–H groups in total. The number of anilines is 1. The van der Waals surface area contributed by atoms with Crippen LogP contribution >= 0.6 is 11.6 Å². The Kier molecular flexibility index (Phi) is 4.95. The summed E-state index contributed by atoms with van der Waals surface area (Å²) in [6, 6.07) is 13.2. The van der Waals surface area contributed by atoms with Crippen LogP contribution in [-0.4, -0.2) is 39.8 Å². The van der Waals surface area contributed by atoms with E-state index in [2.05, 4.69) is 15.3 Å². The van der Waals surface area contributed by atoms with Crippen molar-refractivity contribution in [3.8, 4) is 11.4 Å². The van der Waals surface area contributed by atoms with E-state index >= 15 is 0 Å². The van der Waals surface area contributed by atoms with Gasteiger partial charge in [-0.2, -0.15) is 0 Å². The molecular weight excluding hydrogens is 400 g/mol. The van der Waals surface area contributed by atoms with Crippen LogP contribution in [0.4, 0.5) is 5.69 Å². The third kappa shape index (κ3) is 3.79. The van der Waals surface area contributed by atoms with Crippen molar-refractivity contribution in [3.63, 3.8) is 0 Å². The van der Waals surface area contributed by atoms with Gasteiger partial charge in [0.05, 0.1) is 16.1 Å². The van der Waals surface area contributed by atoms with E-state index in [9.17, 15) is 9.59 Å². The first-order valence-electron chi connectivity index (χ1n) is 10.4. The van der Waals surface area contributed by atoms with Gasteiger partial charge in [0, 0.05) is 36.2 Å². The topological polar surface area (TPSA) is 78.1 Å². The van der Waals surface area contributed by atoms with Crippen LogP contribution in [0, 0.1) is 11.8 Å². The summed E-state index contributed by atoms with van der Waals surface area (Å²) in [7, 11) is 0. The number of carbonyl (C=O) groups is 2. The molecule has 30 heavy (non-hydrogen) atoms. The van der Waals surface area contributed by atoms with Gasteiger partial charge in [-0.3, -0.25) is 9.59 Å². The van der Waals surface area contributed by atoms with Gasteiger partial charge in [0.15, 0.2) is 0 Å². The number of hydrogen-bond acceptors (Lipinski definition) is 3. The Morgan fingerprint density at radius 1 is 1.03 bits per heavy atom. The summed E-state index contributed by atoms with van der Waals surface area (Å²) in [4.78, 5) is 34.7. The largest absolute Gasteiger partial charge is 0.342 e. The number of rotatable bonds is 4. The number of benzene rings is 2. The molecule has 2 aliphatic rings. The van der Waals surface area contributed by atoms with Crippen LogP contribution in [-0.2, 0) is 9.59 Å². The molecule has 1 aromatic heterocycles. The van der Waals surface area contributed by atoms with E-state index in [4.69, 9.17) is 11.6 Å². The summed E-state index contributed by atoms with van der Waals surface area (Å²) in [5, 5.41) is 3.66. The Bertz CT molecular complexity index is 1110. The first-order chi connectivity index (χ1) is 14.6. The lowest BCUT2D eigenvalue weighted by Crippen LogP contribution is -2.42. The maximum atomic E-state index is 12.7. The molecule has 1 saturated heterocycles. The maximum absolute atomic E-state index is 12.7. The number of nitrogens with one attached hydrogen (secondary N) is 2. The summed E-state index contributed by atoms with van der Waals surface area (Å²) >= 11 is 6.28. The van der Waals surface area contributed by atoms with Gasteiger partial charge < -0.3 is 15.2 Å². The molecule has 1 aliphatic heterocycles. The number of aromatic amines is 1. The molecular formula is C23H23ClN4O2. The maximum Gasteiger partial charge on any atom is 0.227 e. The van der Waals surface area contributed by atoms with E-state index in [0.717, 1.165) is 35.1 Å². The predicted octanol–water partition coefficient (Wildman–Crippen LogP) is 4.47. The van der Waals surface area contributed by atoms with Crippen LogP contribution < -0.4 is 5.32 Å². The Balaban J connectivity index is 1.26. The second kappa shape index (κ2) is 7.76. The highest BCUT2D eigenvalue weighted by molar-refractivity contribution is 6.33. The van der Waals surface area contributed by atoms with Gasteiger partial charge in [0.25, 0.3) is 0 Å². The number of imidazole rings is 1. The number of H-pyrrole nitrogens is 1. The summed E-state index contributed by atoms with van der Waals surface area (Å²) in [5.74, 6) is 1.16. The van der Waals surface area contributed by atoms with Crippen molar-refractivity contribution in [2.75, 3.05) is 18.4 Å². The van der Waals surface area contributed by atoms with Crippen molar-refractivity contribution in [2.24, 2.45) is 11.8 Å². The summed E-state index contributed by atoms with van der Waals surface area (Å²) in [6.07, 6.45) is 3.47. The molecule has 0 unspecified atom stereocenters. The zero-order valence-corrected chi connectivity index (χ0v) is 17.3. The molecule has 2 fully saturated rings. The van der Waals surface area contributed by atoms with Gasteiger partial charge in [-0.15, -0.1) is 0 Å². The SMILES string of the molecule is O=C(Nc1ccc2nc(-c3ccccc3Cl)[nH]c2c1)C1CCN(C(=O)C2CC2)CC1. The van der Waals surface area contributed by atoms with Crippen LogP contribution in [0.1, 0.15) is 25.7 Å². The number of carbonyl (C=O) groups excluding carboxylic acids is 2. The van der Waals surface area contributed by atoms with E-state index in [0.29, 0.717) is 36.8 Å². The van der Waals surface area contributed by atoms with Gasteiger partial charge in [-0.1, -0.05) is 23.7 Å². The lowest BCUT2D eigenvalue weighted by Gasteiger charge is -2.31. The van der Waals surface area contributed by atoms with E-state index < -0.39 is 0 Å². The van der Waals surface area contributed by atoms with Crippen LogP contribution in [0.15, 0.2) is 42.5 Å². The summed E-state index contributed by atoms with van der Waals surface area (Å²) < 4.78 is 0. The van der Waals surface area contributed by atoms with Gasteiger partial charge in [-0.05, 0) is 56.0 Å². The minimum atomic E-state index is -0.0654. The molecule has 0 bridgehead atoms. The molecule has 5 rings (SSSR count). The minimum Gasteiger partial charge on any atom is -0.342 e. The monoisotopic (exact) mass is 422 g/mol. The highest BCUT2D eigenvalue weighted by Gasteiger charge is 2.36. The van der Waals surface area contributed by atoms with Crippen molar-refractivity contribution >= 4 is 40.1 Å². The molecule has 0 radical (unpaired) electrons. The highest BCUT2D eigenvalue weighted by Crippen LogP contribution is 2.33. The lowest BCUT2D eigenvalue weighted by atomic mass is 9.95. The van der Waals surface area contributed by atoms with E-state index in [1.54, 1.807) is 0 Å². The third-order valence-corrected chi connectivity index (χ3v) is 6.31. The summed E-state index contributed by atoms with van der Waals surface area (Å²) in [6.45, 7) is 1.35. The smallest absolute Gasteiger partial charge is 0.227 e. The molecule has 1 aliphatic carbocycles. The Hall–Kier alpha value is -2.86. The van der Waals surface area contributed by atoms with Crippen LogP contribution in [0.3, 0.4) is 0 Å². The summed E-state index contributed by atoms with van der Waals surface area (Å²) in [5.41, 5.74) is 3.23. The second-order valence-electron chi connectivity index (χ2n) is 8.16. The van der Waals surface area contributed by atoms with Crippen LogP contribution in [0.25, 0.3) is 22.4 Å². The quantitative estimate of drug-likeness (QED) is 0.651. The lowest BCUT2D eigenvalue weighted by molar-refractivity contribution is -0.135. The Morgan fingerprint density at radius 2 is 1.80 bits per heavy atom. The number of halogens is 1.